The van der Waals surface area contributed by atoms with E-state index in [-0.39, 0.29) is 11.8 Å². The van der Waals surface area contributed by atoms with Gasteiger partial charge >= 0.3 is 5.76 Å². The zero-order chi connectivity index (χ0) is 11.1. The number of anilines is 1. The van der Waals surface area contributed by atoms with Crippen molar-refractivity contribution in [2.75, 3.05) is 18.8 Å². The molecule has 1 unspecified atom stereocenters. The van der Waals surface area contributed by atoms with Gasteiger partial charge in [0.2, 0.25) is 0 Å². The van der Waals surface area contributed by atoms with E-state index in [4.69, 9.17) is 10.2 Å². The first-order chi connectivity index (χ1) is 7.75. The average Bonchev–Trinajstić information content (AvgIpc) is 2.83. The third kappa shape index (κ3) is 1.32. The van der Waals surface area contributed by atoms with Crippen LogP contribution in [0.25, 0.3) is 11.1 Å². The number of rotatable bonds is 1. The molecule has 84 valence electrons. The third-order valence-electron chi connectivity index (χ3n) is 3.04. The smallest absolute Gasteiger partial charge is 0.408 e. The summed E-state index contributed by atoms with van der Waals surface area (Å²) in [5, 5.41) is 3.24. The Labute approximate surface area is 91.8 Å². The van der Waals surface area contributed by atoms with Gasteiger partial charge in [0.25, 0.3) is 0 Å². The minimum atomic E-state index is -0.297. The van der Waals surface area contributed by atoms with E-state index < -0.39 is 0 Å². The summed E-state index contributed by atoms with van der Waals surface area (Å²) in [4.78, 5) is 11.8. The first-order valence-corrected chi connectivity index (χ1v) is 5.37. The van der Waals surface area contributed by atoms with Crippen molar-refractivity contribution in [2.24, 2.45) is 0 Å². The monoisotopic (exact) mass is 219 g/mol. The normalized spacial score (nSPS) is 20.6. The molecule has 1 atom stereocenters. The molecule has 16 heavy (non-hydrogen) atoms. The van der Waals surface area contributed by atoms with Crippen LogP contribution in [-0.4, -0.2) is 17.7 Å². The number of hydrogen-bond donors (Lipinski definition) is 2. The van der Waals surface area contributed by atoms with Gasteiger partial charge in [0.1, 0.15) is 0 Å². The van der Waals surface area contributed by atoms with Gasteiger partial charge < -0.3 is 15.5 Å². The predicted octanol–water partition coefficient (Wildman–Crippen LogP) is 0.711. The van der Waals surface area contributed by atoms with Crippen molar-refractivity contribution in [2.45, 2.75) is 12.5 Å². The molecule has 1 aromatic carbocycles. The number of aromatic nitrogens is 1. The van der Waals surface area contributed by atoms with Gasteiger partial charge in [-0.3, -0.25) is 4.57 Å². The van der Waals surface area contributed by atoms with Crippen molar-refractivity contribution < 1.29 is 4.42 Å². The fourth-order valence-electron chi connectivity index (χ4n) is 2.26. The molecular formula is C11H13N3O2. The first kappa shape index (κ1) is 9.47. The second-order valence-electron chi connectivity index (χ2n) is 4.11. The first-order valence-electron chi connectivity index (χ1n) is 5.37. The number of hydrogen-bond acceptors (Lipinski definition) is 4. The summed E-state index contributed by atoms with van der Waals surface area (Å²) in [6.45, 7) is 1.76. The van der Waals surface area contributed by atoms with Crippen molar-refractivity contribution >= 4 is 16.8 Å². The molecule has 1 saturated heterocycles. The number of oxazole rings is 1. The third-order valence-corrected chi connectivity index (χ3v) is 3.04. The van der Waals surface area contributed by atoms with E-state index in [9.17, 15) is 4.79 Å². The van der Waals surface area contributed by atoms with Crippen molar-refractivity contribution in [1.82, 2.24) is 9.88 Å². The molecule has 0 aliphatic carbocycles. The summed E-state index contributed by atoms with van der Waals surface area (Å²) in [5.41, 5.74) is 7.66. The highest BCUT2D eigenvalue weighted by Crippen LogP contribution is 2.22. The number of nitrogens with two attached hydrogens (primary N) is 1. The Morgan fingerprint density at radius 3 is 3.12 bits per heavy atom. The minimum Gasteiger partial charge on any atom is -0.408 e. The van der Waals surface area contributed by atoms with Crippen LogP contribution in [0.5, 0.6) is 0 Å². The highest BCUT2D eigenvalue weighted by atomic mass is 16.4. The quantitative estimate of drug-likeness (QED) is 0.693. The summed E-state index contributed by atoms with van der Waals surface area (Å²) < 4.78 is 6.91. The molecule has 3 N–H and O–H groups in total. The van der Waals surface area contributed by atoms with Crippen LogP contribution in [0, 0.1) is 0 Å². The van der Waals surface area contributed by atoms with Crippen molar-refractivity contribution in [1.29, 1.82) is 0 Å². The van der Waals surface area contributed by atoms with Crippen LogP contribution in [0.1, 0.15) is 12.5 Å². The molecule has 1 aliphatic heterocycles. The zero-order valence-electron chi connectivity index (χ0n) is 8.77. The average molecular weight is 219 g/mol. The molecule has 1 fully saturated rings. The van der Waals surface area contributed by atoms with Gasteiger partial charge in [-0.2, -0.15) is 0 Å². The number of benzene rings is 1. The molecule has 0 radical (unpaired) electrons. The predicted molar refractivity (Wildman–Crippen MR) is 61.4 cm³/mol. The molecule has 0 saturated carbocycles. The number of nitrogens with zero attached hydrogens (tertiary/aromatic N) is 1. The van der Waals surface area contributed by atoms with E-state index in [0.29, 0.717) is 11.3 Å². The molecule has 2 heterocycles. The molecule has 5 nitrogen and oxygen atoms in total. The second kappa shape index (κ2) is 3.38. The van der Waals surface area contributed by atoms with Crippen molar-refractivity contribution in [3.8, 4) is 0 Å². The Balaban J connectivity index is 2.23. The zero-order valence-corrected chi connectivity index (χ0v) is 8.77. The Kier molecular flexibility index (Phi) is 2.00. The Bertz CT molecular complexity index is 578. The summed E-state index contributed by atoms with van der Waals surface area (Å²) in [6, 6.07) is 5.51. The highest BCUT2D eigenvalue weighted by molar-refractivity contribution is 5.77. The van der Waals surface area contributed by atoms with Gasteiger partial charge in [-0.05, 0) is 25.1 Å². The lowest BCUT2D eigenvalue weighted by atomic mass is 10.2. The standard InChI is InChI=1S/C11H13N3O2/c12-7-1-2-9-10(5-7)16-11(15)14(9)8-3-4-13-6-8/h1-2,5,8,13H,3-4,6,12H2. The van der Waals surface area contributed by atoms with Crippen LogP contribution in [0.3, 0.4) is 0 Å². The van der Waals surface area contributed by atoms with E-state index in [2.05, 4.69) is 5.32 Å². The van der Waals surface area contributed by atoms with Gasteiger partial charge in [-0.1, -0.05) is 0 Å². The van der Waals surface area contributed by atoms with Gasteiger partial charge in [0, 0.05) is 18.3 Å². The van der Waals surface area contributed by atoms with Gasteiger partial charge in [-0.15, -0.1) is 0 Å². The Morgan fingerprint density at radius 1 is 1.50 bits per heavy atom. The van der Waals surface area contributed by atoms with E-state index >= 15 is 0 Å². The van der Waals surface area contributed by atoms with Crippen LogP contribution in [-0.2, 0) is 0 Å². The SMILES string of the molecule is Nc1ccc2c(c1)oc(=O)n2C1CCNC1. The van der Waals surface area contributed by atoms with Crippen LogP contribution in [0.4, 0.5) is 5.69 Å². The molecule has 2 aromatic rings. The fraction of sp³-hybridized carbons (Fsp3) is 0.364. The molecular weight excluding hydrogens is 206 g/mol. The van der Waals surface area contributed by atoms with Crippen LogP contribution >= 0.6 is 0 Å². The summed E-state index contributed by atoms with van der Waals surface area (Å²) in [7, 11) is 0. The van der Waals surface area contributed by atoms with E-state index in [0.717, 1.165) is 25.0 Å². The maximum Gasteiger partial charge on any atom is 0.420 e. The molecule has 1 aliphatic rings. The molecule has 5 heteroatoms. The maximum atomic E-state index is 11.8. The van der Waals surface area contributed by atoms with Gasteiger partial charge in [0.05, 0.1) is 11.6 Å². The topological polar surface area (TPSA) is 73.2 Å². The Hall–Kier alpha value is -1.75. The lowest BCUT2D eigenvalue weighted by Crippen LogP contribution is -2.22. The summed E-state index contributed by atoms with van der Waals surface area (Å²) >= 11 is 0. The lowest BCUT2D eigenvalue weighted by molar-refractivity contribution is 0.459. The molecule has 0 bridgehead atoms. The highest BCUT2D eigenvalue weighted by Gasteiger charge is 2.21. The molecule has 3 rings (SSSR count). The lowest BCUT2D eigenvalue weighted by Gasteiger charge is -2.08. The summed E-state index contributed by atoms with van der Waals surface area (Å²) in [6.07, 6.45) is 0.957. The minimum absolute atomic E-state index is 0.192. The molecule has 1 aromatic heterocycles. The van der Waals surface area contributed by atoms with Crippen molar-refractivity contribution in [3.05, 3.63) is 28.7 Å². The van der Waals surface area contributed by atoms with Crippen molar-refractivity contribution in [3.63, 3.8) is 0 Å². The molecule has 0 spiro atoms. The Morgan fingerprint density at radius 2 is 2.38 bits per heavy atom. The largest absolute Gasteiger partial charge is 0.420 e. The van der Waals surface area contributed by atoms with Crippen LogP contribution < -0.4 is 16.8 Å². The number of nitrogen functional groups attached to an aromatic ring is 1. The van der Waals surface area contributed by atoms with E-state index in [1.54, 1.807) is 16.7 Å². The van der Waals surface area contributed by atoms with E-state index in [1.807, 2.05) is 6.07 Å². The maximum absolute atomic E-state index is 11.8. The van der Waals surface area contributed by atoms with Gasteiger partial charge in [0.15, 0.2) is 5.58 Å². The number of nitrogens with one attached hydrogen (secondary N) is 1. The second-order valence-corrected chi connectivity index (χ2v) is 4.11. The van der Waals surface area contributed by atoms with E-state index in [1.165, 1.54) is 0 Å². The van der Waals surface area contributed by atoms with Crippen LogP contribution in [0.2, 0.25) is 0 Å². The van der Waals surface area contributed by atoms with Gasteiger partial charge in [-0.25, -0.2) is 4.79 Å². The fourth-order valence-corrected chi connectivity index (χ4v) is 2.26. The number of fused-ring (bicyclic) bond motifs is 1. The molecule has 0 amide bonds. The summed E-state index contributed by atoms with van der Waals surface area (Å²) in [5.74, 6) is -0.297. The van der Waals surface area contributed by atoms with Crippen LogP contribution in [0.15, 0.2) is 27.4 Å².